The van der Waals surface area contributed by atoms with Crippen LogP contribution in [0.2, 0.25) is 0 Å². The molecule has 11 nitrogen and oxygen atoms in total. The summed E-state index contributed by atoms with van der Waals surface area (Å²) in [6.45, 7) is 1.48. The molecule has 0 saturated carbocycles. The van der Waals surface area contributed by atoms with Gasteiger partial charge >= 0.3 is 5.97 Å². The fraction of sp³-hybridized carbons (Fsp3) is 0.500. The number of phenols is 1. The van der Waals surface area contributed by atoms with Crippen molar-refractivity contribution in [3.05, 3.63) is 29.8 Å². The molecule has 0 aliphatic heterocycles. The largest absolute Gasteiger partial charge is 0.508 e. The summed E-state index contributed by atoms with van der Waals surface area (Å²) in [5.74, 6) is -2.57. The highest BCUT2D eigenvalue weighted by Gasteiger charge is 2.37. The molecule has 0 unspecified atom stereocenters. The number of phenolic OH excluding ortho intramolecular Hbond substituents is 1. The van der Waals surface area contributed by atoms with Crippen LogP contribution in [-0.4, -0.2) is 73.1 Å². The number of hydrogen-bond donors (Lipinski definition) is 4. The van der Waals surface area contributed by atoms with E-state index in [2.05, 4.69) is 10.1 Å². The van der Waals surface area contributed by atoms with Gasteiger partial charge in [-0.3, -0.25) is 14.4 Å². The molecule has 0 bridgehead atoms. The maximum absolute atomic E-state index is 13.2. The summed E-state index contributed by atoms with van der Waals surface area (Å²) >= 11 is 0. The third-order valence-corrected chi connectivity index (χ3v) is 4.85. The molecule has 172 valence electrons. The number of benzene rings is 1. The number of hydrogen-bond acceptors (Lipinski definition) is 8. The number of ether oxygens (including phenoxy) is 2. The molecule has 11 heteroatoms. The number of carbonyl (C=O) groups is 4. The SMILES string of the molecule is COC(=O)[C@H](C)N(C)C(=O)[C@H](NC(=O)[C@@H](N)CCC(N)=O)[C@H](OC)c1ccc(O)cc1. The lowest BCUT2D eigenvalue weighted by atomic mass is 9.99. The zero-order valence-electron chi connectivity index (χ0n) is 18.0. The standard InChI is InChI=1S/C20H30N4O7/c1-11(20(29)31-4)24(2)19(28)16(23-18(27)14(21)9-10-15(22)26)17(30-3)12-5-7-13(25)8-6-12/h5-8,11,14,16-17,25H,9-10,21H2,1-4H3,(H2,22,26)(H,23,27)/t11-,14-,16+,17+/m0/s1. The number of likely N-dealkylation sites (N-methyl/N-ethyl adjacent to an activating group) is 1. The molecule has 0 spiro atoms. The van der Waals surface area contributed by atoms with E-state index in [4.69, 9.17) is 16.2 Å². The van der Waals surface area contributed by atoms with E-state index < -0.39 is 47.9 Å². The predicted molar refractivity (Wildman–Crippen MR) is 110 cm³/mol. The number of nitrogens with two attached hydrogens (primary N) is 2. The second kappa shape index (κ2) is 11.9. The van der Waals surface area contributed by atoms with Gasteiger partial charge in [-0.25, -0.2) is 4.79 Å². The van der Waals surface area contributed by atoms with Crippen molar-refractivity contribution in [3.8, 4) is 5.75 Å². The van der Waals surface area contributed by atoms with Gasteiger partial charge < -0.3 is 36.3 Å². The van der Waals surface area contributed by atoms with Gasteiger partial charge in [0.2, 0.25) is 17.7 Å². The first-order chi connectivity index (χ1) is 14.5. The Kier molecular flexibility index (Phi) is 9.90. The molecule has 0 fully saturated rings. The highest BCUT2D eigenvalue weighted by molar-refractivity contribution is 5.92. The van der Waals surface area contributed by atoms with Crippen molar-refractivity contribution in [2.75, 3.05) is 21.3 Å². The monoisotopic (exact) mass is 438 g/mol. The minimum absolute atomic E-state index is 0.00661. The fourth-order valence-corrected chi connectivity index (χ4v) is 2.82. The van der Waals surface area contributed by atoms with Crippen LogP contribution < -0.4 is 16.8 Å². The van der Waals surface area contributed by atoms with Crippen LogP contribution in [0.5, 0.6) is 5.75 Å². The second-order valence-corrected chi connectivity index (χ2v) is 6.99. The summed E-state index contributed by atoms with van der Waals surface area (Å²) in [7, 11) is 3.93. The second-order valence-electron chi connectivity index (χ2n) is 6.99. The number of aromatic hydroxyl groups is 1. The van der Waals surface area contributed by atoms with Crippen molar-refractivity contribution in [1.29, 1.82) is 0 Å². The normalized spacial score (nSPS) is 14.6. The summed E-state index contributed by atoms with van der Waals surface area (Å²) in [5.41, 5.74) is 11.4. The third-order valence-electron chi connectivity index (χ3n) is 4.85. The van der Waals surface area contributed by atoms with Crippen LogP contribution >= 0.6 is 0 Å². The van der Waals surface area contributed by atoms with E-state index in [1.54, 1.807) is 0 Å². The van der Waals surface area contributed by atoms with E-state index in [-0.39, 0.29) is 18.6 Å². The molecule has 1 rings (SSSR count). The smallest absolute Gasteiger partial charge is 0.328 e. The maximum Gasteiger partial charge on any atom is 0.328 e. The highest BCUT2D eigenvalue weighted by atomic mass is 16.5. The predicted octanol–water partition coefficient (Wildman–Crippen LogP) is -0.823. The van der Waals surface area contributed by atoms with Crippen LogP contribution in [-0.2, 0) is 28.7 Å². The number of methoxy groups -OCH3 is 2. The van der Waals surface area contributed by atoms with Gasteiger partial charge in [0.15, 0.2) is 0 Å². The van der Waals surface area contributed by atoms with E-state index in [0.717, 1.165) is 4.90 Å². The van der Waals surface area contributed by atoms with E-state index in [9.17, 15) is 24.3 Å². The summed E-state index contributed by atoms with van der Waals surface area (Å²) < 4.78 is 10.2. The van der Waals surface area contributed by atoms with E-state index in [0.29, 0.717) is 5.56 Å². The lowest BCUT2D eigenvalue weighted by Gasteiger charge is -2.32. The zero-order chi connectivity index (χ0) is 23.7. The molecule has 6 N–H and O–H groups in total. The first kappa shape index (κ1) is 25.9. The Balaban J connectivity index is 3.22. The molecule has 0 aromatic heterocycles. The van der Waals surface area contributed by atoms with Crippen molar-refractivity contribution >= 4 is 23.7 Å². The van der Waals surface area contributed by atoms with E-state index >= 15 is 0 Å². The molecule has 0 saturated heterocycles. The molecule has 3 amide bonds. The quantitative estimate of drug-likeness (QED) is 0.324. The van der Waals surface area contributed by atoms with Crippen LogP contribution in [0.3, 0.4) is 0 Å². The van der Waals surface area contributed by atoms with Gasteiger partial charge in [-0.15, -0.1) is 0 Å². The minimum atomic E-state index is -1.27. The number of amides is 3. The zero-order valence-corrected chi connectivity index (χ0v) is 18.0. The first-order valence-corrected chi connectivity index (χ1v) is 9.53. The summed E-state index contributed by atoms with van der Waals surface area (Å²) in [6.07, 6.45) is -1.07. The number of rotatable bonds is 11. The van der Waals surface area contributed by atoms with Crippen molar-refractivity contribution in [2.24, 2.45) is 11.5 Å². The average Bonchev–Trinajstić information content (AvgIpc) is 2.75. The lowest BCUT2D eigenvalue weighted by molar-refractivity contribution is -0.153. The topological polar surface area (TPSA) is 174 Å². The Labute approximate surface area is 180 Å². The number of nitrogens with one attached hydrogen (secondary N) is 1. The Hall–Kier alpha value is -3.18. The Morgan fingerprint density at radius 2 is 1.74 bits per heavy atom. The summed E-state index contributed by atoms with van der Waals surface area (Å²) in [6, 6.07) is 2.59. The Morgan fingerprint density at radius 1 is 1.16 bits per heavy atom. The van der Waals surface area contributed by atoms with E-state index in [1.807, 2.05) is 0 Å². The van der Waals surface area contributed by atoms with E-state index in [1.165, 1.54) is 52.5 Å². The van der Waals surface area contributed by atoms with Crippen molar-refractivity contribution < 1.29 is 33.8 Å². The van der Waals surface area contributed by atoms with Gasteiger partial charge in [0.05, 0.1) is 13.2 Å². The van der Waals surface area contributed by atoms with Crippen LogP contribution in [0.25, 0.3) is 0 Å². The minimum Gasteiger partial charge on any atom is -0.508 e. The van der Waals surface area contributed by atoms with Gasteiger partial charge in [0, 0.05) is 20.6 Å². The third kappa shape index (κ3) is 7.23. The average molecular weight is 438 g/mol. The molecule has 1 aromatic carbocycles. The number of primary amides is 1. The molecule has 4 atom stereocenters. The molecular formula is C20H30N4O7. The van der Waals surface area contributed by atoms with Crippen molar-refractivity contribution in [1.82, 2.24) is 10.2 Å². The lowest BCUT2D eigenvalue weighted by Crippen LogP contribution is -2.56. The molecule has 1 aromatic rings. The van der Waals surface area contributed by atoms with Gasteiger partial charge in [0.25, 0.3) is 0 Å². The van der Waals surface area contributed by atoms with Crippen LogP contribution in [0.4, 0.5) is 0 Å². The molecule has 31 heavy (non-hydrogen) atoms. The maximum atomic E-state index is 13.2. The van der Waals surface area contributed by atoms with Crippen LogP contribution in [0.1, 0.15) is 31.4 Å². The molecule has 0 aliphatic carbocycles. The highest BCUT2D eigenvalue weighted by Crippen LogP contribution is 2.25. The van der Waals surface area contributed by atoms with Gasteiger partial charge in [-0.05, 0) is 31.0 Å². The van der Waals surface area contributed by atoms with Gasteiger partial charge in [-0.2, -0.15) is 0 Å². The van der Waals surface area contributed by atoms with Crippen molar-refractivity contribution in [2.45, 2.75) is 44.0 Å². The number of carbonyl (C=O) groups excluding carboxylic acids is 4. The number of esters is 1. The molecule has 0 radical (unpaired) electrons. The Morgan fingerprint density at radius 3 is 2.23 bits per heavy atom. The van der Waals surface area contributed by atoms with Gasteiger partial charge in [-0.1, -0.05) is 12.1 Å². The number of nitrogens with zero attached hydrogens (tertiary/aromatic N) is 1. The molecule has 0 aliphatic rings. The first-order valence-electron chi connectivity index (χ1n) is 9.53. The van der Waals surface area contributed by atoms with Crippen LogP contribution in [0, 0.1) is 0 Å². The molecule has 0 heterocycles. The van der Waals surface area contributed by atoms with Gasteiger partial charge in [0.1, 0.15) is 23.9 Å². The summed E-state index contributed by atoms with van der Waals surface area (Å²) in [5, 5.41) is 12.1. The fourth-order valence-electron chi connectivity index (χ4n) is 2.82. The summed E-state index contributed by atoms with van der Waals surface area (Å²) in [4.78, 5) is 49.8. The van der Waals surface area contributed by atoms with Crippen LogP contribution in [0.15, 0.2) is 24.3 Å². The van der Waals surface area contributed by atoms with Crippen molar-refractivity contribution in [3.63, 3.8) is 0 Å². The Bertz CT molecular complexity index is 784. The molecular weight excluding hydrogens is 408 g/mol.